The SMILES string of the molecule is CCn1c(-c2cccnc2[C@H](C)OC)c2c3cc(ccc31)C1CSC(=N1)[C@@H](OCCN(C)C)[C@H](NC(=O)Oc1ccc([N+](=O)[O-])cc1)C(=O)N1CCC[C@H](N1)C(=O)OCC(C)(C)C2. The molecule has 336 valence electrons. The molecule has 4 aromatic rings. The van der Waals surface area contributed by atoms with Crippen molar-refractivity contribution in [2.45, 2.75) is 83.8 Å². The normalized spacial score (nSPS) is 22.0. The van der Waals surface area contributed by atoms with Crippen molar-refractivity contribution < 1.29 is 38.3 Å². The first-order chi connectivity index (χ1) is 30.2. The zero-order valence-corrected chi connectivity index (χ0v) is 37.6. The lowest BCUT2D eigenvalue weighted by Crippen LogP contribution is -2.63. The third-order valence-electron chi connectivity index (χ3n) is 11.6. The maximum Gasteiger partial charge on any atom is 0.413 e. The van der Waals surface area contributed by atoms with Crippen LogP contribution in [0.4, 0.5) is 10.5 Å². The van der Waals surface area contributed by atoms with Crippen LogP contribution >= 0.6 is 11.8 Å². The molecule has 2 N–H and O–H groups in total. The number of carbonyl (C=O) groups is 3. The molecule has 5 heterocycles. The number of carbonyl (C=O) groups excluding carboxylic acids is 3. The molecule has 0 spiro atoms. The van der Waals surface area contributed by atoms with E-state index >= 15 is 0 Å². The van der Waals surface area contributed by atoms with Crippen LogP contribution in [0.1, 0.15) is 69.5 Å². The van der Waals surface area contributed by atoms with E-state index in [-0.39, 0.29) is 43.3 Å². The number of cyclic esters (lactones) is 1. The lowest BCUT2D eigenvalue weighted by molar-refractivity contribution is -0.384. The molecule has 3 aliphatic rings. The van der Waals surface area contributed by atoms with Gasteiger partial charge < -0.3 is 33.7 Å². The number of fused-ring (bicyclic) bond motifs is 5. The summed E-state index contributed by atoms with van der Waals surface area (Å²) in [5.41, 5.74) is 8.32. The van der Waals surface area contributed by atoms with E-state index in [2.05, 4.69) is 60.3 Å². The van der Waals surface area contributed by atoms with Gasteiger partial charge in [0.05, 0.1) is 41.7 Å². The molecule has 63 heavy (non-hydrogen) atoms. The van der Waals surface area contributed by atoms with Gasteiger partial charge in [-0.1, -0.05) is 19.9 Å². The maximum absolute atomic E-state index is 14.8. The van der Waals surface area contributed by atoms with Crippen molar-refractivity contribution in [1.29, 1.82) is 0 Å². The number of amides is 2. The number of hydrazine groups is 1. The molecule has 0 saturated carbocycles. The Morgan fingerprint density at radius 2 is 1.95 bits per heavy atom. The van der Waals surface area contributed by atoms with Gasteiger partial charge in [-0.3, -0.25) is 34.7 Å². The number of ether oxygens (including phenoxy) is 4. The van der Waals surface area contributed by atoms with Gasteiger partial charge >= 0.3 is 12.1 Å². The summed E-state index contributed by atoms with van der Waals surface area (Å²) in [6, 6.07) is 13.0. The highest BCUT2D eigenvalue weighted by molar-refractivity contribution is 8.14. The summed E-state index contributed by atoms with van der Waals surface area (Å²) >= 11 is 1.46. The van der Waals surface area contributed by atoms with Gasteiger partial charge in [-0.2, -0.15) is 0 Å². The first-order valence-electron chi connectivity index (χ1n) is 21.2. The number of nitrogens with zero attached hydrogens (tertiary/aromatic N) is 6. The average molecular weight is 885 g/mol. The second kappa shape index (κ2) is 19.6. The number of benzene rings is 2. The number of pyridine rings is 1. The van der Waals surface area contributed by atoms with Gasteiger partial charge in [-0.25, -0.2) is 10.2 Å². The minimum Gasteiger partial charge on any atom is -0.464 e. The number of likely N-dealkylation sites (N-methyl/N-ethyl adjacent to an activating group) is 1. The monoisotopic (exact) mass is 884 g/mol. The zero-order valence-electron chi connectivity index (χ0n) is 36.8. The predicted molar refractivity (Wildman–Crippen MR) is 240 cm³/mol. The number of non-ortho nitro benzene ring substituents is 1. The van der Waals surface area contributed by atoms with E-state index in [1.807, 2.05) is 32.0 Å². The summed E-state index contributed by atoms with van der Waals surface area (Å²) in [4.78, 5) is 65.0. The highest BCUT2D eigenvalue weighted by Gasteiger charge is 2.42. The summed E-state index contributed by atoms with van der Waals surface area (Å²) in [5.74, 6) is -0.473. The predicted octanol–water partition coefficient (Wildman–Crippen LogP) is 6.25. The molecule has 18 heteroatoms. The first kappa shape index (κ1) is 45.6. The molecule has 1 fully saturated rings. The number of aromatic nitrogens is 2. The number of nitro benzene ring substituents is 1. The number of rotatable bonds is 11. The molecule has 3 aliphatic heterocycles. The number of hydrogen-bond donors (Lipinski definition) is 2. The van der Waals surface area contributed by atoms with Crippen molar-refractivity contribution in [2.75, 3.05) is 53.3 Å². The number of thioether (sulfide) groups is 1. The van der Waals surface area contributed by atoms with Crippen molar-refractivity contribution in [3.8, 4) is 17.0 Å². The van der Waals surface area contributed by atoms with Gasteiger partial charge in [0.15, 0.2) is 0 Å². The minimum absolute atomic E-state index is 0.0353. The number of aliphatic imine (C=N–C) groups is 1. The summed E-state index contributed by atoms with van der Waals surface area (Å²) in [6.07, 6.45) is 0.961. The molecule has 7 rings (SSSR count). The Labute approximate surface area is 371 Å². The van der Waals surface area contributed by atoms with E-state index in [1.54, 1.807) is 13.3 Å². The second-order valence-corrected chi connectivity index (χ2v) is 18.1. The molecule has 6 bridgehead atoms. The standard InChI is InChI=1S/C45H56N8O9S/c1-8-51-36-18-13-28-23-32(36)33(39(51)31-11-9-19-46-37(31)27(2)59-7)24-45(3,4)26-61-43(55)34-12-10-20-52(49-34)42(54)38(40(60-22-21-50(5)6)41-47-35(28)25-63-41)48-44(56)62-30-16-14-29(15-17-30)53(57)58/h9,11,13-19,23,27,34-35,38,40,49H,8,10,12,20-22,24-26H2,1-7H3,(H,48,56)/t27-,34-,35?,38-,40-/m0/s1. The number of methoxy groups -OCH3 is 1. The van der Waals surface area contributed by atoms with Gasteiger partial charge in [0.25, 0.3) is 11.6 Å². The van der Waals surface area contributed by atoms with Crippen LogP contribution < -0.4 is 15.5 Å². The van der Waals surface area contributed by atoms with Crippen LogP contribution in [0.15, 0.2) is 65.8 Å². The summed E-state index contributed by atoms with van der Waals surface area (Å²) in [5, 5.41) is 16.9. The number of esters is 1. The highest BCUT2D eigenvalue weighted by atomic mass is 32.2. The second-order valence-electron chi connectivity index (χ2n) is 17.1. The Balaban J connectivity index is 1.35. The van der Waals surface area contributed by atoms with Crippen LogP contribution in [-0.4, -0.2) is 119 Å². The smallest absolute Gasteiger partial charge is 0.413 e. The van der Waals surface area contributed by atoms with Gasteiger partial charge in [0, 0.05) is 72.7 Å². The van der Waals surface area contributed by atoms with E-state index in [4.69, 9.17) is 28.9 Å². The number of nitro groups is 1. The summed E-state index contributed by atoms with van der Waals surface area (Å²) < 4.78 is 26.3. The van der Waals surface area contributed by atoms with E-state index in [9.17, 15) is 24.5 Å². The summed E-state index contributed by atoms with van der Waals surface area (Å²) in [6.45, 7) is 10.0. The van der Waals surface area contributed by atoms with Crippen LogP contribution in [0.2, 0.25) is 0 Å². The molecule has 0 aliphatic carbocycles. The van der Waals surface area contributed by atoms with Crippen molar-refractivity contribution in [2.24, 2.45) is 10.4 Å². The number of hydrogen-bond acceptors (Lipinski definition) is 14. The zero-order chi connectivity index (χ0) is 45.0. The summed E-state index contributed by atoms with van der Waals surface area (Å²) in [7, 11) is 5.48. The average Bonchev–Trinajstić information content (AvgIpc) is 3.88. The fraction of sp³-hybridized carbons (Fsp3) is 0.489. The Bertz CT molecular complexity index is 2370. The molecule has 5 atom stereocenters. The van der Waals surface area contributed by atoms with Crippen molar-refractivity contribution in [3.05, 3.63) is 87.7 Å². The van der Waals surface area contributed by atoms with Crippen molar-refractivity contribution in [3.63, 3.8) is 0 Å². The van der Waals surface area contributed by atoms with Crippen LogP contribution in [0.25, 0.3) is 22.2 Å². The van der Waals surface area contributed by atoms with Gasteiger partial charge in [-0.05, 0) is 94.7 Å². The maximum atomic E-state index is 14.8. The van der Waals surface area contributed by atoms with Crippen molar-refractivity contribution >= 4 is 51.4 Å². The highest BCUT2D eigenvalue weighted by Crippen LogP contribution is 2.43. The molecular weight excluding hydrogens is 829 g/mol. The van der Waals surface area contributed by atoms with E-state index in [1.165, 1.54) is 41.0 Å². The van der Waals surface area contributed by atoms with Gasteiger partial charge in [-0.15, -0.1) is 11.8 Å². The molecule has 2 aromatic heterocycles. The number of nitrogens with one attached hydrogen (secondary N) is 2. The molecule has 0 radical (unpaired) electrons. The van der Waals surface area contributed by atoms with Crippen LogP contribution in [0.3, 0.4) is 0 Å². The molecule has 1 saturated heterocycles. The lowest BCUT2D eigenvalue weighted by Gasteiger charge is -2.37. The Hall–Kier alpha value is -5.40. The molecule has 2 amide bonds. The molecule has 2 aromatic carbocycles. The topological polar surface area (TPSA) is 192 Å². The van der Waals surface area contributed by atoms with Crippen LogP contribution in [-0.2, 0) is 36.8 Å². The minimum atomic E-state index is -1.36. The number of aryl methyl sites for hydroxylation is 1. The quantitative estimate of drug-likeness (QED) is 0.0977. The van der Waals surface area contributed by atoms with Crippen LogP contribution in [0.5, 0.6) is 5.75 Å². The molecule has 1 unspecified atom stereocenters. The Morgan fingerprint density at radius 1 is 1.17 bits per heavy atom. The van der Waals surface area contributed by atoms with Crippen LogP contribution in [0, 0.1) is 15.5 Å². The van der Waals surface area contributed by atoms with Crippen molar-refractivity contribution in [1.82, 2.24) is 30.2 Å². The van der Waals surface area contributed by atoms with Gasteiger partial charge in [0.2, 0.25) is 0 Å². The first-order valence-corrected chi connectivity index (χ1v) is 22.2. The Kier molecular flexibility index (Phi) is 14.2. The molecular formula is C45H56N8O9S. The van der Waals surface area contributed by atoms with E-state index < -0.39 is 46.5 Å². The lowest BCUT2D eigenvalue weighted by atomic mass is 9.84. The Morgan fingerprint density at radius 3 is 2.67 bits per heavy atom. The third kappa shape index (κ3) is 10.2. The fourth-order valence-corrected chi connectivity index (χ4v) is 9.42. The third-order valence-corrected chi connectivity index (χ3v) is 12.7. The van der Waals surface area contributed by atoms with E-state index in [0.717, 1.165) is 39.0 Å². The van der Waals surface area contributed by atoms with Gasteiger partial charge in [0.1, 0.15) is 29.0 Å². The fourth-order valence-electron chi connectivity index (χ4n) is 8.25. The molecule has 17 nitrogen and oxygen atoms in total. The largest absolute Gasteiger partial charge is 0.464 e. The van der Waals surface area contributed by atoms with E-state index in [0.29, 0.717) is 43.1 Å².